The summed E-state index contributed by atoms with van der Waals surface area (Å²) < 4.78 is 10.3. The molecule has 3 aromatic rings. The Morgan fingerprint density at radius 1 is 0.828 bits per heavy atom. The maximum absolute atomic E-state index is 13.0. The first-order valence-electron chi connectivity index (χ1n) is 7.92. The molecule has 0 bridgehead atoms. The summed E-state index contributed by atoms with van der Waals surface area (Å²) in [6.45, 7) is 0. The lowest BCUT2D eigenvalue weighted by Gasteiger charge is -2.17. The van der Waals surface area contributed by atoms with Crippen LogP contribution in [0.1, 0.15) is 31.3 Å². The predicted molar refractivity (Wildman–Crippen MR) is 108 cm³/mol. The zero-order valence-corrected chi connectivity index (χ0v) is 17.1. The Hall–Kier alpha value is -2.51. The molecule has 0 spiro atoms. The summed E-state index contributed by atoms with van der Waals surface area (Å²) in [5.74, 6) is -2.46. The Morgan fingerprint density at radius 3 is 1.97 bits per heavy atom. The third kappa shape index (κ3) is 3.09. The topological polar surface area (TPSA) is 76.8 Å². The Balaban J connectivity index is 1.80. The minimum atomic E-state index is -0.804. The first kappa shape index (κ1) is 19.8. The first-order valence-corrected chi connectivity index (χ1v) is 9.43. The summed E-state index contributed by atoms with van der Waals surface area (Å²) in [6, 6.07) is 8.91. The molecule has 10 heteroatoms. The third-order valence-electron chi connectivity index (χ3n) is 4.13. The number of carbonyl (C=O) groups excluding carboxylic acids is 3. The van der Waals surface area contributed by atoms with Crippen LogP contribution in [-0.4, -0.2) is 17.8 Å². The molecule has 0 unspecified atom stereocenters. The van der Waals surface area contributed by atoms with Crippen LogP contribution in [0.2, 0.25) is 20.1 Å². The number of esters is 1. The van der Waals surface area contributed by atoms with Crippen molar-refractivity contribution in [1.29, 1.82) is 0 Å². The largest absolute Gasteiger partial charge is 0.457 e. The van der Waals surface area contributed by atoms with Gasteiger partial charge in [0.1, 0.15) is 0 Å². The zero-order chi connectivity index (χ0) is 20.9. The van der Waals surface area contributed by atoms with Crippen molar-refractivity contribution < 1.29 is 23.5 Å². The Morgan fingerprint density at radius 2 is 1.41 bits per heavy atom. The molecule has 0 aliphatic carbocycles. The second-order valence-electron chi connectivity index (χ2n) is 5.79. The minimum absolute atomic E-state index is 0.0120. The molecule has 29 heavy (non-hydrogen) atoms. The molecule has 2 amide bonds. The number of furan rings is 1. The van der Waals surface area contributed by atoms with Gasteiger partial charge in [0.05, 0.1) is 43.2 Å². The van der Waals surface area contributed by atoms with Crippen LogP contribution < -0.4 is 9.64 Å². The molecular formula is C19H7Cl4NO5. The summed E-state index contributed by atoms with van der Waals surface area (Å²) >= 11 is 24.3. The molecule has 0 N–H and O–H groups in total. The molecule has 0 saturated heterocycles. The van der Waals surface area contributed by atoms with Crippen LogP contribution in [0.3, 0.4) is 0 Å². The van der Waals surface area contributed by atoms with Crippen molar-refractivity contribution in [2.24, 2.45) is 0 Å². The number of para-hydroxylation sites is 2. The smallest absolute Gasteiger partial charge is 0.379 e. The summed E-state index contributed by atoms with van der Waals surface area (Å²) in [7, 11) is 0. The highest BCUT2D eigenvalue weighted by Crippen LogP contribution is 2.46. The first-order chi connectivity index (χ1) is 13.8. The quantitative estimate of drug-likeness (QED) is 0.156. The number of halogens is 4. The van der Waals surface area contributed by atoms with Crippen LogP contribution in [0.25, 0.3) is 0 Å². The molecule has 1 aromatic heterocycles. The average molecular weight is 471 g/mol. The molecule has 0 fully saturated rings. The normalized spacial score (nSPS) is 13.0. The Labute approximate surface area is 183 Å². The highest BCUT2D eigenvalue weighted by molar-refractivity contribution is 6.56. The Bertz CT molecular complexity index is 1140. The molecule has 2 heterocycles. The van der Waals surface area contributed by atoms with Gasteiger partial charge in [-0.15, -0.1) is 0 Å². The number of carbonyl (C=O) groups is 3. The van der Waals surface area contributed by atoms with Crippen LogP contribution in [-0.2, 0) is 0 Å². The maximum atomic E-state index is 13.0. The molecule has 0 atom stereocenters. The zero-order valence-electron chi connectivity index (χ0n) is 14.0. The molecule has 2 aromatic carbocycles. The second kappa shape index (κ2) is 7.39. The van der Waals surface area contributed by atoms with E-state index >= 15 is 0 Å². The van der Waals surface area contributed by atoms with Crippen molar-refractivity contribution in [3.05, 3.63) is 79.6 Å². The van der Waals surface area contributed by atoms with Crippen molar-refractivity contribution >= 4 is 69.9 Å². The number of anilines is 1. The second-order valence-corrected chi connectivity index (χ2v) is 7.30. The standard InChI is InChI=1S/C19H7Cl4NO5/c20-13-11-12(14(21)16(23)15(13)22)18(26)24(17(11)25)8-4-1-2-5-9(8)29-19(27)10-6-3-7-28-10/h1-7H. The van der Waals surface area contributed by atoms with Crippen LogP contribution in [0.4, 0.5) is 5.69 Å². The van der Waals surface area contributed by atoms with Crippen LogP contribution >= 0.6 is 46.4 Å². The van der Waals surface area contributed by atoms with E-state index in [0.29, 0.717) is 0 Å². The molecule has 6 nitrogen and oxygen atoms in total. The number of nitrogens with zero attached hydrogens (tertiary/aromatic N) is 1. The lowest BCUT2D eigenvalue weighted by Crippen LogP contribution is -2.30. The van der Waals surface area contributed by atoms with Crippen molar-refractivity contribution in [2.75, 3.05) is 4.90 Å². The molecule has 146 valence electrons. The SMILES string of the molecule is O=C(Oc1ccccc1N1C(=O)c2c(Cl)c(Cl)c(Cl)c(Cl)c2C1=O)c1ccco1. The van der Waals surface area contributed by atoms with Gasteiger partial charge in [-0.25, -0.2) is 9.69 Å². The van der Waals surface area contributed by atoms with Crippen LogP contribution in [0.5, 0.6) is 5.75 Å². The van der Waals surface area contributed by atoms with Crippen molar-refractivity contribution in [3.8, 4) is 5.75 Å². The van der Waals surface area contributed by atoms with Crippen molar-refractivity contribution in [3.63, 3.8) is 0 Å². The Kier molecular flexibility index (Phi) is 5.04. The van der Waals surface area contributed by atoms with Crippen molar-refractivity contribution in [1.82, 2.24) is 0 Å². The molecule has 0 saturated carbocycles. The van der Waals surface area contributed by atoms with E-state index in [2.05, 4.69) is 0 Å². The van der Waals surface area contributed by atoms with E-state index in [0.717, 1.165) is 4.90 Å². The number of fused-ring (bicyclic) bond motifs is 1. The van der Waals surface area contributed by atoms with Gasteiger partial charge in [-0.2, -0.15) is 0 Å². The van der Waals surface area contributed by atoms with Crippen molar-refractivity contribution in [2.45, 2.75) is 0 Å². The highest BCUT2D eigenvalue weighted by atomic mass is 35.5. The fourth-order valence-electron chi connectivity index (χ4n) is 2.84. The molecule has 1 aliphatic heterocycles. The number of rotatable bonds is 3. The minimum Gasteiger partial charge on any atom is -0.457 e. The predicted octanol–water partition coefficient (Wildman–Crippen LogP) is 5.91. The summed E-state index contributed by atoms with van der Waals surface area (Å²) in [5, 5.41) is -0.667. The molecule has 0 radical (unpaired) electrons. The number of hydrogen-bond acceptors (Lipinski definition) is 5. The van der Waals surface area contributed by atoms with E-state index in [1.165, 1.54) is 30.5 Å². The number of amides is 2. The van der Waals surface area contributed by atoms with Gasteiger partial charge in [0, 0.05) is 0 Å². The summed E-state index contributed by atoms with van der Waals surface area (Å²) in [6.07, 6.45) is 1.31. The van der Waals surface area contributed by atoms with E-state index in [9.17, 15) is 14.4 Å². The van der Waals surface area contributed by atoms with E-state index in [4.69, 9.17) is 55.6 Å². The van der Waals surface area contributed by atoms with Crippen LogP contribution in [0.15, 0.2) is 47.1 Å². The number of benzene rings is 2. The van der Waals surface area contributed by atoms with E-state index < -0.39 is 17.8 Å². The van der Waals surface area contributed by atoms with Gasteiger partial charge in [0.15, 0.2) is 5.75 Å². The fraction of sp³-hybridized carbons (Fsp3) is 0. The lowest BCUT2D eigenvalue weighted by atomic mass is 10.1. The maximum Gasteiger partial charge on any atom is 0.379 e. The van der Waals surface area contributed by atoms with Gasteiger partial charge in [-0.3, -0.25) is 9.59 Å². The van der Waals surface area contributed by atoms with Crippen LogP contribution in [0, 0.1) is 0 Å². The average Bonchev–Trinajstić information content (AvgIpc) is 3.32. The third-order valence-corrected chi connectivity index (χ3v) is 5.93. The molecule has 4 rings (SSSR count). The van der Waals surface area contributed by atoms with Gasteiger partial charge in [0.25, 0.3) is 11.8 Å². The van der Waals surface area contributed by atoms with Gasteiger partial charge in [-0.05, 0) is 24.3 Å². The van der Waals surface area contributed by atoms with Gasteiger partial charge in [0.2, 0.25) is 5.76 Å². The van der Waals surface area contributed by atoms with Gasteiger partial charge < -0.3 is 9.15 Å². The number of ether oxygens (including phenoxy) is 1. The number of imide groups is 1. The van der Waals surface area contributed by atoms with Gasteiger partial charge >= 0.3 is 5.97 Å². The molecular weight excluding hydrogens is 464 g/mol. The van der Waals surface area contributed by atoms with Gasteiger partial charge in [-0.1, -0.05) is 58.5 Å². The monoisotopic (exact) mass is 469 g/mol. The summed E-state index contributed by atoms with van der Waals surface area (Å²) in [5.41, 5.74) is -0.343. The summed E-state index contributed by atoms with van der Waals surface area (Å²) in [4.78, 5) is 39.1. The molecule has 1 aliphatic rings. The van der Waals surface area contributed by atoms with E-state index in [1.54, 1.807) is 12.1 Å². The fourth-order valence-corrected chi connectivity index (χ4v) is 3.86. The highest BCUT2D eigenvalue weighted by Gasteiger charge is 2.43. The van der Waals surface area contributed by atoms with E-state index in [-0.39, 0.29) is 48.4 Å². The number of hydrogen-bond donors (Lipinski definition) is 0. The lowest BCUT2D eigenvalue weighted by molar-refractivity contribution is 0.0699. The van der Waals surface area contributed by atoms with E-state index in [1.807, 2.05) is 0 Å².